The van der Waals surface area contributed by atoms with Gasteiger partial charge in [0.05, 0.1) is 0 Å². The molecule has 0 aliphatic heterocycles. The first-order valence-electron chi connectivity index (χ1n) is 6.63. The molecule has 0 aliphatic carbocycles. The molecule has 0 spiro atoms. The first-order chi connectivity index (χ1) is 10.8. The molecule has 0 saturated carbocycles. The predicted octanol–water partition coefficient (Wildman–Crippen LogP) is 1.37. The van der Waals surface area contributed by atoms with Crippen LogP contribution in [0.25, 0.3) is 11.0 Å². The maximum atomic E-state index is 12.5. The molecule has 9 heteroatoms. The van der Waals surface area contributed by atoms with Gasteiger partial charge in [0.1, 0.15) is 17.1 Å². The fourth-order valence-corrected chi connectivity index (χ4v) is 3.29. The number of anilines is 1. The standard InChI is InChI=1S/C14H14N4O4S/c1-8-16-11(7-18(8)2)23(20,21)17-12-9-5-3-4-6-10(9)22-13(12)14(15)19/h3-7,17H,1-2H3,(H2,15,19). The molecule has 3 aromatic rings. The van der Waals surface area contributed by atoms with E-state index in [4.69, 9.17) is 10.2 Å². The number of amides is 1. The molecule has 120 valence electrons. The molecule has 3 rings (SSSR count). The average molecular weight is 334 g/mol. The van der Waals surface area contributed by atoms with E-state index < -0.39 is 15.9 Å². The molecular formula is C14H14N4O4S. The van der Waals surface area contributed by atoms with Crippen LogP contribution in [0.3, 0.4) is 0 Å². The molecular weight excluding hydrogens is 320 g/mol. The second kappa shape index (κ2) is 5.13. The Morgan fingerprint density at radius 3 is 2.65 bits per heavy atom. The van der Waals surface area contributed by atoms with E-state index in [1.165, 1.54) is 6.20 Å². The Kier molecular flexibility index (Phi) is 3.37. The molecule has 8 nitrogen and oxygen atoms in total. The maximum Gasteiger partial charge on any atom is 0.286 e. The first-order valence-corrected chi connectivity index (χ1v) is 8.12. The monoisotopic (exact) mass is 334 g/mol. The Morgan fingerprint density at radius 2 is 2.04 bits per heavy atom. The van der Waals surface area contributed by atoms with Gasteiger partial charge in [-0.15, -0.1) is 0 Å². The summed E-state index contributed by atoms with van der Waals surface area (Å²) in [6.45, 7) is 1.68. The Labute approximate surface area is 132 Å². The zero-order chi connectivity index (χ0) is 16.8. The zero-order valence-electron chi connectivity index (χ0n) is 12.4. The summed E-state index contributed by atoms with van der Waals surface area (Å²) in [6.07, 6.45) is 1.38. The number of fused-ring (bicyclic) bond motifs is 1. The van der Waals surface area contributed by atoms with E-state index in [1.807, 2.05) is 0 Å². The van der Waals surface area contributed by atoms with Gasteiger partial charge in [0.25, 0.3) is 15.9 Å². The number of rotatable bonds is 4. The number of hydrogen-bond acceptors (Lipinski definition) is 5. The second-order valence-corrected chi connectivity index (χ2v) is 6.64. The van der Waals surface area contributed by atoms with Crippen molar-refractivity contribution in [2.75, 3.05) is 4.72 Å². The minimum Gasteiger partial charge on any atom is -0.449 e. The van der Waals surface area contributed by atoms with Crippen LogP contribution in [0.15, 0.2) is 39.9 Å². The summed E-state index contributed by atoms with van der Waals surface area (Å²) < 4.78 is 34.3. The number of benzene rings is 1. The van der Waals surface area contributed by atoms with E-state index in [2.05, 4.69) is 9.71 Å². The van der Waals surface area contributed by atoms with Crippen LogP contribution < -0.4 is 10.5 Å². The fourth-order valence-electron chi connectivity index (χ4n) is 2.16. The van der Waals surface area contributed by atoms with E-state index >= 15 is 0 Å². The van der Waals surface area contributed by atoms with Crippen molar-refractivity contribution in [1.82, 2.24) is 9.55 Å². The van der Waals surface area contributed by atoms with Crippen molar-refractivity contribution in [2.45, 2.75) is 11.9 Å². The summed E-state index contributed by atoms with van der Waals surface area (Å²) in [5, 5.41) is 0.288. The normalized spacial score (nSPS) is 11.7. The number of nitrogens with one attached hydrogen (secondary N) is 1. The molecule has 0 fully saturated rings. The third kappa shape index (κ3) is 2.55. The van der Waals surface area contributed by atoms with Gasteiger partial charge in [0.15, 0.2) is 5.03 Å². The highest BCUT2D eigenvalue weighted by Gasteiger charge is 2.25. The number of aromatic nitrogens is 2. The van der Waals surface area contributed by atoms with Crippen LogP contribution in [0, 0.1) is 6.92 Å². The third-order valence-electron chi connectivity index (χ3n) is 3.42. The molecule has 0 unspecified atom stereocenters. The van der Waals surface area contributed by atoms with Crippen molar-refractivity contribution in [3.8, 4) is 0 Å². The van der Waals surface area contributed by atoms with E-state index in [0.717, 1.165) is 0 Å². The number of hydrogen-bond donors (Lipinski definition) is 2. The zero-order valence-corrected chi connectivity index (χ0v) is 13.2. The van der Waals surface area contributed by atoms with E-state index in [0.29, 0.717) is 16.8 Å². The minimum absolute atomic E-state index is 0.0106. The number of carbonyl (C=O) groups is 1. The Hall–Kier alpha value is -2.81. The molecule has 0 saturated heterocycles. The first kappa shape index (κ1) is 15.1. The molecule has 1 amide bonds. The summed E-state index contributed by atoms with van der Waals surface area (Å²) in [5.74, 6) is -0.573. The number of carbonyl (C=O) groups excluding carboxylic acids is 1. The van der Waals surface area contributed by atoms with Gasteiger partial charge in [-0.1, -0.05) is 12.1 Å². The van der Waals surface area contributed by atoms with Crippen LogP contribution in [0.1, 0.15) is 16.4 Å². The lowest BCUT2D eigenvalue weighted by atomic mass is 10.2. The Morgan fingerprint density at radius 1 is 1.35 bits per heavy atom. The fraction of sp³-hybridized carbons (Fsp3) is 0.143. The van der Waals surface area contributed by atoms with Gasteiger partial charge in [-0.05, 0) is 19.1 Å². The number of para-hydroxylation sites is 1. The summed E-state index contributed by atoms with van der Waals surface area (Å²) in [4.78, 5) is 15.5. The molecule has 2 aromatic heterocycles. The van der Waals surface area contributed by atoms with Crippen LogP contribution in [0.5, 0.6) is 0 Å². The largest absolute Gasteiger partial charge is 0.449 e. The van der Waals surface area contributed by atoms with Crippen LogP contribution in [-0.2, 0) is 17.1 Å². The van der Waals surface area contributed by atoms with Crippen LogP contribution in [0.2, 0.25) is 0 Å². The predicted molar refractivity (Wildman–Crippen MR) is 83.5 cm³/mol. The van der Waals surface area contributed by atoms with Gasteiger partial charge in [-0.25, -0.2) is 4.98 Å². The molecule has 0 bridgehead atoms. The molecule has 3 N–H and O–H groups in total. The van der Waals surface area contributed by atoms with Crippen molar-refractivity contribution in [3.05, 3.63) is 42.0 Å². The van der Waals surface area contributed by atoms with Gasteiger partial charge in [-0.2, -0.15) is 8.42 Å². The number of imidazole rings is 1. The molecule has 0 atom stereocenters. The molecule has 0 radical (unpaired) electrons. The SMILES string of the molecule is Cc1nc(S(=O)(=O)Nc2c(C(N)=O)oc3ccccc23)cn1C. The van der Waals surface area contributed by atoms with Crippen molar-refractivity contribution in [2.24, 2.45) is 12.8 Å². The number of nitrogens with two attached hydrogens (primary N) is 1. The molecule has 0 aliphatic rings. The number of sulfonamides is 1. The van der Waals surface area contributed by atoms with E-state index in [1.54, 1.807) is 42.8 Å². The number of primary amides is 1. The highest BCUT2D eigenvalue weighted by Crippen LogP contribution is 2.32. The summed E-state index contributed by atoms with van der Waals surface area (Å²) in [5.41, 5.74) is 5.65. The van der Waals surface area contributed by atoms with E-state index in [-0.39, 0.29) is 16.5 Å². The summed E-state index contributed by atoms with van der Waals surface area (Å²) >= 11 is 0. The Bertz CT molecular complexity index is 997. The van der Waals surface area contributed by atoms with Crippen molar-refractivity contribution >= 4 is 32.6 Å². The van der Waals surface area contributed by atoms with Gasteiger partial charge < -0.3 is 14.7 Å². The van der Waals surface area contributed by atoms with Gasteiger partial charge in [0, 0.05) is 18.6 Å². The van der Waals surface area contributed by atoms with Gasteiger partial charge in [-0.3, -0.25) is 9.52 Å². The van der Waals surface area contributed by atoms with Gasteiger partial charge in [0.2, 0.25) is 5.76 Å². The molecule has 1 aromatic carbocycles. The van der Waals surface area contributed by atoms with Crippen LogP contribution in [0.4, 0.5) is 5.69 Å². The van der Waals surface area contributed by atoms with Crippen molar-refractivity contribution in [3.63, 3.8) is 0 Å². The molecule has 23 heavy (non-hydrogen) atoms. The lowest BCUT2D eigenvalue weighted by molar-refractivity contribution is 0.0977. The maximum absolute atomic E-state index is 12.5. The smallest absolute Gasteiger partial charge is 0.286 e. The van der Waals surface area contributed by atoms with Crippen molar-refractivity contribution in [1.29, 1.82) is 0 Å². The summed E-state index contributed by atoms with van der Waals surface area (Å²) in [6, 6.07) is 6.65. The van der Waals surface area contributed by atoms with Crippen LogP contribution >= 0.6 is 0 Å². The highest BCUT2D eigenvalue weighted by atomic mass is 32.2. The topological polar surface area (TPSA) is 120 Å². The lowest BCUT2D eigenvalue weighted by Crippen LogP contribution is -2.17. The lowest BCUT2D eigenvalue weighted by Gasteiger charge is -2.05. The number of furan rings is 1. The molecule has 2 heterocycles. The van der Waals surface area contributed by atoms with Gasteiger partial charge >= 0.3 is 0 Å². The quantitative estimate of drug-likeness (QED) is 0.746. The summed E-state index contributed by atoms with van der Waals surface area (Å²) in [7, 11) is -2.30. The minimum atomic E-state index is -3.98. The Balaban J connectivity index is 2.13. The second-order valence-electron chi connectivity index (χ2n) is 5.01. The number of aryl methyl sites for hydroxylation is 2. The van der Waals surface area contributed by atoms with Crippen LogP contribution in [-0.4, -0.2) is 23.9 Å². The number of nitrogens with zero attached hydrogens (tertiary/aromatic N) is 2. The third-order valence-corrected chi connectivity index (χ3v) is 4.64. The average Bonchev–Trinajstić information content (AvgIpc) is 3.01. The van der Waals surface area contributed by atoms with E-state index in [9.17, 15) is 13.2 Å². The highest BCUT2D eigenvalue weighted by molar-refractivity contribution is 7.92. The van der Waals surface area contributed by atoms with Crippen molar-refractivity contribution < 1.29 is 17.6 Å².